The molecule has 1 heteroatoms. The molecule has 1 aliphatic rings. The van der Waals surface area contributed by atoms with Gasteiger partial charge in [0.25, 0.3) is 0 Å². The molecule has 14 heavy (non-hydrogen) atoms. The fourth-order valence-corrected chi connectivity index (χ4v) is 3.12. The highest BCUT2D eigenvalue weighted by Crippen LogP contribution is 2.43. The van der Waals surface area contributed by atoms with Crippen molar-refractivity contribution in [2.75, 3.05) is 7.05 Å². The van der Waals surface area contributed by atoms with Crippen LogP contribution in [0.25, 0.3) is 0 Å². The van der Waals surface area contributed by atoms with Gasteiger partial charge in [0.1, 0.15) is 0 Å². The maximum atomic E-state index is 3.41. The standard InChI is InChI=1S/C13H27N/c1-5-8-13(3)9-6-7-12(10-13)11(2)14-4/h11-12,14H,5-10H2,1-4H3. The fraction of sp³-hybridized carbons (Fsp3) is 1.00. The Labute approximate surface area is 89.7 Å². The average Bonchev–Trinajstić information content (AvgIpc) is 2.16. The lowest BCUT2D eigenvalue weighted by molar-refractivity contribution is 0.126. The number of rotatable bonds is 4. The number of hydrogen-bond acceptors (Lipinski definition) is 1. The molecule has 0 aliphatic heterocycles. The Balaban J connectivity index is 2.50. The highest BCUT2D eigenvalue weighted by molar-refractivity contribution is 4.86. The van der Waals surface area contributed by atoms with Gasteiger partial charge in [0.2, 0.25) is 0 Å². The molecule has 1 fully saturated rings. The van der Waals surface area contributed by atoms with Gasteiger partial charge in [-0.1, -0.05) is 26.7 Å². The summed E-state index contributed by atoms with van der Waals surface area (Å²) in [6.07, 6.45) is 8.52. The van der Waals surface area contributed by atoms with Crippen molar-refractivity contribution in [1.82, 2.24) is 5.32 Å². The van der Waals surface area contributed by atoms with Crippen molar-refractivity contribution in [3.63, 3.8) is 0 Å². The molecule has 1 nitrogen and oxygen atoms in total. The van der Waals surface area contributed by atoms with Crippen molar-refractivity contribution in [2.24, 2.45) is 11.3 Å². The number of nitrogens with one attached hydrogen (secondary N) is 1. The second kappa shape index (κ2) is 5.16. The quantitative estimate of drug-likeness (QED) is 0.726. The van der Waals surface area contributed by atoms with E-state index in [1.807, 2.05) is 0 Å². The average molecular weight is 197 g/mol. The Morgan fingerprint density at radius 2 is 2.21 bits per heavy atom. The monoisotopic (exact) mass is 197 g/mol. The Bertz CT molecular complexity index is 163. The summed E-state index contributed by atoms with van der Waals surface area (Å²) in [5.41, 5.74) is 0.642. The van der Waals surface area contributed by atoms with Gasteiger partial charge in [-0.3, -0.25) is 0 Å². The van der Waals surface area contributed by atoms with Crippen LogP contribution < -0.4 is 5.32 Å². The Morgan fingerprint density at radius 3 is 2.79 bits per heavy atom. The van der Waals surface area contributed by atoms with Gasteiger partial charge in [0.15, 0.2) is 0 Å². The van der Waals surface area contributed by atoms with Crippen molar-refractivity contribution >= 4 is 0 Å². The minimum Gasteiger partial charge on any atom is -0.317 e. The highest BCUT2D eigenvalue weighted by Gasteiger charge is 2.33. The SMILES string of the molecule is CCCC1(C)CCCC(C(C)NC)C1. The van der Waals surface area contributed by atoms with E-state index in [1.54, 1.807) is 0 Å². The minimum atomic E-state index is 0.642. The first-order chi connectivity index (χ1) is 6.61. The zero-order valence-electron chi connectivity index (χ0n) is 10.4. The summed E-state index contributed by atoms with van der Waals surface area (Å²) in [5, 5.41) is 3.41. The molecule has 3 unspecified atom stereocenters. The van der Waals surface area contributed by atoms with Crippen LogP contribution in [0.3, 0.4) is 0 Å². The lowest BCUT2D eigenvalue weighted by Crippen LogP contribution is -2.37. The van der Waals surface area contributed by atoms with Crippen LogP contribution in [0.5, 0.6) is 0 Å². The van der Waals surface area contributed by atoms with Gasteiger partial charge in [-0.25, -0.2) is 0 Å². The topological polar surface area (TPSA) is 12.0 Å². The Hall–Kier alpha value is -0.0400. The van der Waals surface area contributed by atoms with E-state index in [4.69, 9.17) is 0 Å². The normalized spacial score (nSPS) is 35.6. The van der Waals surface area contributed by atoms with E-state index in [9.17, 15) is 0 Å². The third kappa shape index (κ3) is 2.98. The second-order valence-corrected chi connectivity index (χ2v) is 5.49. The predicted octanol–water partition coefficient (Wildman–Crippen LogP) is 3.59. The van der Waals surface area contributed by atoms with E-state index in [0.717, 1.165) is 5.92 Å². The third-order valence-electron chi connectivity index (χ3n) is 4.13. The lowest BCUT2D eigenvalue weighted by Gasteiger charge is -2.40. The van der Waals surface area contributed by atoms with Crippen LogP contribution in [0, 0.1) is 11.3 Å². The second-order valence-electron chi connectivity index (χ2n) is 5.49. The molecule has 0 aromatic rings. The summed E-state index contributed by atoms with van der Waals surface area (Å²) in [4.78, 5) is 0. The molecular weight excluding hydrogens is 170 g/mol. The van der Waals surface area contributed by atoms with Crippen molar-refractivity contribution < 1.29 is 0 Å². The van der Waals surface area contributed by atoms with Gasteiger partial charge in [0.05, 0.1) is 0 Å². The largest absolute Gasteiger partial charge is 0.317 e. The molecule has 0 bridgehead atoms. The zero-order chi connectivity index (χ0) is 10.6. The van der Waals surface area contributed by atoms with Crippen LogP contribution in [-0.2, 0) is 0 Å². The van der Waals surface area contributed by atoms with E-state index in [2.05, 4.69) is 33.1 Å². The maximum Gasteiger partial charge on any atom is 0.00642 e. The zero-order valence-corrected chi connectivity index (χ0v) is 10.4. The van der Waals surface area contributed by atoms with Crippen molar-refractivity contribution in [2.45, 2.75) is 65.3 Å². The molecule has 1 aliphatic carbocycles. The van der Waals surface area contributed by atoms with Gasteiger partial charge in [-0.2, -0.15) is 0 Å². The van der Waals surface area contributed by atoms with Gasteiger partial charge >= 0.3 is 0 Å². The van der Waals surface area contributed by atoms with E-state index < -0.39 is 0 Å². The molecule has 1 N–H and O–H groups in total. The molecular formula is C13H27N. The summed E-state index contributed by atoms with van der Waals surface area (Å²) in [6.45, 7) is 7.14. The molecule has 0 radical (unpaired) electrons. The third-order valence-corrected chi connectivity index (χ3v) is 4.13. The summed E-state index contributed by atoms with van der Waals surface area (Å²) in [7, 11) is 2.09. The van der Waals surface area contributed by atoms with Crippen LogP contribution in [0.1, 0.15) is 59.3 Å². The van der Waals surface area contributed by atoms with Gasteiger partial charge < -0.3 is 5.32 Å². The van der Waals surface area contributed by atoms with E-state index in [0.29, 0.717) is 11.5 Å². The first-order valence-corrected chi connectivity index (χ1v) is 6.28. The molecule has 0 aromatic carbocycles. The van der Waals surface area contributed by atoms with Gasteiger partial charge in [0, 0.05) is 6.04 Å². The summed E-state index contributed by atoms with van der Waals surface area (Å²) >= 11 is 0. The first-order valence-electron chi connectivity index (χ1n) is 6.28. The van der Waals surface area contributed by atoms with Crippen LogP contribution in [0.4, 0.5) is 0 Å². The molecule has 0 heterocycles. The van der Waals surface area contributed by atoms with Crippen molar-refractivity contribution in [1.29, 1.82) is 0 Å². The first kappa shape index (κ1) is 12.0. The summed E-state index contributed by atoms with van der Waals surface area (Å²) in [5.74, 6) is 0.908. The molecule has 1 rings (SSSR count). The number of hydrogen-bond donors (Lipinski definition) is 1. The van der Waals surface area contributed by atoms with Crippen LogP contribution in [0.15, 0.2) is 0 Å². The van der Waals surface area contributed by atoms with Crippen LogP contribution >= 0.6 is 0 Å². The molecule has 0 saturated heterocycles. The van der Waals surface area contributed by atoms with Gasteiger partial charge in [-0.05, 0) is 51.0 Å². The molecule has 0 aromatic heterocycles. The molecule has 0 spiro atoms. The lowest BCUT2D eigenvalue weighted by atomic mass is 9.67. The van der Waals surface area contributed by atoms with E-state index in [-0.39, 0.29) is 0 Å². The van der Waals surface area contributed by atoms with Crippen molar-refractivity contribution in [3.05, 3.63) is 0 Å². The van der Waals surface area contributed by atoms with E-state index in [1.165, 1.54) is 38.5 Å². The van der Waals surface area contributed by atoms with Gasteiger partial charge in [-0.15, -0.1) is 0 Å². The predicted molar refractivity (Wildman–Crippen MR) is 63.5 cm³/mol. The highest BCUT2D eigenvalue weighted by atomic mass is 14.9. The molecule has 0 amide bonds. The fourth-order valence-electron chi connectivity index (χ4n) is 3.12. The summed E-state index contributed by atoms with van der Waals surface area (Å²) in [6, 6.07) is 0.700. The minimum absolute atomic E-state index is 0.642. The van der Waals surface area contributed by atoms with E-state index >= 15 is 0 Å². The molecule has 1 saturated carbocycles. The molecule has 84 valence electrons. The molecule has 3 atom stereocenters. The van der Waals surface area contributed by atoms with Crippen LogP contribution in [0.2, 0.25) is 0 Å². The smallest absolute Gasteiger partial charge is 0.00642 e. The maximum absolute atomic E-state index is 3.41. The van der Waals surface area contributed by atoms with Crippen LogP contribution in [-0.4, -0.2) is 13.1 Å². The Kier molecular flexibility index (Phi) is 4.43. The van der Waals surface area contributed by atoms with Crippen molar-refractivity contribution in [3.8, 4) is 0 Å². The summed E-state index contributed by atoms with van der Waals surface area (Å²) < 4.78 is 0. The Morgan fingerprint density at radius 1 is 1.50 bits per heavy atom.